The first-order valence-corrected chi connectivity index (χ1v) is 16.2. The predicted octanol–water partition coefficient (Wildman–Crippen LogP) is 5.79. The summed E-state index contributed by atoms with van der Waals surface area (Å²) in [6, 6.07) is 10.5. The van der Waals surface area contributed by atoms with Crippen LogP contribution in [0.3, 0.4) is 0 Å². The summed E-state index contributed by atoms with van der Waals surface area (Å²) in [6.07, 6.45) is 0.599. The molecule has 1 heterocycles. The van der Waals surface area contributed by atoms with Gasteiger partial charge in [0.05, 0.1) is 0 Å². The molecular weight excluding hydrogens is 351 g/mol. The first-order valence-electron chi connectivity index (χ1n) is 9.86. The Hall–Kier alpha value is -1.09. The van der Waals surface area contributed by atoms with E-state index in [1.807, 2.05) is 26.1 Å². The van der Waals surface area contributed by atoms with Crippen molar-refractivity contribution in [2.45, 2.75) is 63.7 Å². The molecule has 0 saturated heterocycles. The van der Waals surface area contributed by atoms with Crippen LogP contribution in [0, 0.1) is 5.92 Å². The summed E-state index contributed by atoms with van der Waals surface area (Å²) in [5.41, 5.74) is 4.11. The van der Waals surface area contributed by atoms with Crippen LogP contribution in [0.5, 0.6) is 0 Å². The second-order valence-corrected chi connectivity index (χ2v) is 19.6. The molecule has 0 unspecified atom stereocenters. The molecule has 130 valence electrons. The van der Waals surface area contributed by atoms with E-state index in [2.05, 4.69) is 62.3 Å². The number of hydrogen-bond acceptors (Lipinski definition) is 1. The molecule has 0 aliphatic carbocycles. The second kappa shape index (κ2) is 7.03. The summed E-state index contributed by atoms with van der Waals surface area (Å²) in [5.74, 6) is 6.83. The van der Waals surface area contributed by atoms with Gasteiger partial charge in [0, 0.05) is 0 Å². The molecule has 1 aromatic heterocycles. The van der Waals surface area contributed by atoms with Crippen molar-refractivity contribution in [3.8, 4) is 11.3 Å². The van der Waals surface area contributed by atoms with E-state index < -0.39 is 19.6 Å². The van der Waals surface area contributed by atoms with Gasteiger partial charge < -0.3 is 0 Å². The molecule has 0 aliphatic heterocycles. The van der Waals surface area contributed by atoms with E-state index in [9.17, 15) is 0 Å². The summed E-state index contributed by atoms with van der Waals surface area (Å²) in [6.45, 7) is 10.5. The fraction of sp³-hybridized carbons (Fsp3) is 0.500. The van der Waals surface area contributed by atoms with Gasteiger partial charge in [-0.1, -0.05) is 0 Å². The molecule has 1 aromatic carbocycles. The molecule has 0 atom stereocenters. The molecule has 2 heteroatoms. The summed E-state index contributed by atoms with van der Waals surface area (Å²) in [4.78, 5) is 4.75. The van der Waals surface area contributed by atoms with Crippen molar-refractivity contribution in [1.82, 2.24) is 4.98 Å². The third kappa shape index (κ3) is 4.72. The fourth-order valence-corrected chi connectivity index (χ4v) is 5.73. The van der Waals surface area contributed by atoms with Gasteiger partial charge in [0.2, 0.25) is 0 Å². The number of benzene rings is 1. The van der Waals surface area contributed by atoms with Crippen molar-refractivity contribution >= 4 is 17.7 Å². The fourth-order valence-electron chi connectivity index (χ4n) is 2.79. The summed E-state index contributed by atoms with van der Waals surface area (Å²) >= 11 is -2.24. The van der Waals surface area contributed by atoms with Crippen molar-refractivity contribution < 1.29 is 2.74 Å². The number of hydrogen-bond donors (Lipinski definition) is 0. The van der Waals surface area contributed by atoms with Crippen molar-refractivity contribution in [2.75, 3.05) is 0 Å². The number of aromatic nitrogens is 1. The van der Waals surface area contributed by atoms with Crippen molar-refractivity contribution in [3.05, 3.63) is 47.7 Å². The van der Waals surface area contributed by atoms with E-state index in [0.717, 1.165) is 16.8 Å². The number of pyridine rings is 1. The van der Waals surface area contributed by atoms with Gasteiger partial charge in [-0.2, -0.15) is 0 Å². The third-order valence-corrected chi connectivity index (χ3v) is 8.41. The molecule has 2 aromatic rings. The molecule has 24 heavy (non-hydrogen) atoms. The van der Waals surface area contributed by atoms with Gasteiger partial charge in [-0.05, 0) is 0 Å². The maximum atomic E-state index is 8.71. The molecular formula is C22H33GeN. The van der Waals surface area contributed by atoms with Crippen LogP contribution < -0.4 is 4.40 Å². The third-order valence-electron chi connectivity index (χ3n) is 4.18. The molecule has 0 N–H and O–H groups in total. The Labute approximate surface area is 154 Å². The zero-order valence-electron chi connectivity index (χ0n) is 18.5. The van der Waals surface area contributed by atoms with Crippen LogP contribution in [-0.4, -0.2) is 18.3 Å². The molecule has 0 fully saturated rings. The first kappa shape index (κ1) is 16.4. The standard InChI is InChI=1S/C22H33GeN/c1-16(2)12-18-14-21(24-15-20(18)23(6,7)8)17-10-9-11-19(13-17)22(3,4)5/h9-11,13-16H,12H2,1-8H3/i12D2. The Morgan fingerprint density at radius 3 is 2.33 bits per heavy atom. The molecule has 0 spiro atoms. The Bertz CT molecular complexity index is 783. The minimum atomic E-state index is -2.24. The van der Waals surface area contributed by atoms with Crippen LogP contribution in [0.2, 0.25) is 17.3 Å². The van der Waals surface area contributed by atoms with Crippen LogP contribution in [0.25, 0.3) is 11.3 Å². The minimum absolute atomic E-state index is 0.0755. The monoisotopic (exact) mass is 387 g/mol. The van der Waals surface area contributed by atoms with E-state index >= 15 is 0 Å². The molecule has 2 rings (SSSR count). The summed E-state index contributed by atoms with van der Waals surface area (Å²) in [7, 11) is 0. The molecule has 0 radical (unpaired) electrons. The Morgan fingerprint density at radius 2 is 1.79 bits per heavy atom. The number of nitrogens with zero attached hydrogens (tertiary/aromatic N) is 1. The van der Waals surface area contributed by atoms with Crippen LogP contribution in [0.4, 0.5) is 0 Å². The number of rotatable bonds is 4. The van der Waals surface area contributed by atoms with Crippen LogP contribution in [0.1, 0.15) is 48.5 Å². The zero-order valence-corrected chi connectivity index (χ0v) is 18.6. The second-order valence-electron chi connectivity index (χ2n) is 8.99. The topological polar surface area (TPSA) is 12.9 Å². The van der Waals surface area contributed by atoms with Gasteiger partial charge in [-0.3, -0.25) is 0 Å². The average Bonchev–Trinajstić information content (AvgIpc) is 2.52. The van der Waals surface area contributed by atoms with Gasteiger partial charge >= 0.3 is 154 Å². The quantitative estimate of drug-likeness (QED) is 0.607. The van der Waals surface area contributed by atoms with E-state index in [4.69, 9.17) is 7.73 Å². The van der Waals surface area contributed by atoms with Gasteiger partial charge in [-0.25, -0.2) is 0 Å². The molecule has 0 bridgehead atoms. The summed E-state index contributed by atoms with van der Waals surface area (Å²) < 4.78 is 18.6. The Balaban J connectivity index is 2.67. The Morgan fingerprint density at radius 1 is 1.12 bits per heavy atom. The normalized spacial score (nSPS) is 14.5. The molecule has 0 saturated carbocycles. The van der Waals surface area contributed by atoms with Crippen LogP contribution >= 0.6 is 0 Å². The van der Waals surface area contributed by atoms with Gasteiger partial charge in [-0.15, -0.1) is 0 Å². The molecule has 0 amide bonds. The summed E-state index contributed by atoms with van der Waals surface area (Å²) in [5, 5.41) is 0. The average molecular weight is 386 g/mol. The SMILES string of the molecule is [2H]C([2H])(c1cc(-c2cccc(C(C)(C)C)c2)nc[c]1[Ge]([CH3])([CH3])[CH3])C(C)C. The van der Waals surface area contributed by atoms with Crippen molar-refractivity contribution in [3.63, 3.8) is 0 Å². The van der Waals surface area contributed by atoms with Gasteiger partial charge in [0.25, 0.3) is 0 Å². The van der Waals surface area contributed by atoms with E-state index in [1.165, 1.54) is 9.96 Å². The van der Waals surface area contributed by atoms with Crippen molar-refractivity contribution in [1.29, 1.82) is 0 Å². The van der Waals surface area contributed by atoms with E-state index in [-0.39, 0.29) is 11.3 Å². The van der Waals surface area contributed by atoms with Gasteiger partial charge in [0.1, 0.15) is 0 Å². The molecule has 1 nitrogen and oxygen atoms in total. The predicted molar refractivity (Wildman–Crippen MR) is 110 cm³/mol. The Kier molecular flexibility index (Phi) is 4.80. The van der Waals surface area contributed by atoms with Gasteiger partial charge in [0.15, 0.2) is 0 Å². The van der Waals surface area contributed by atoms with E-state index in [0.29, 0.717) is 0 Å². The maximum absolute atomic E-state index is 8.71. The van der Waals surface area contributed by atoms with E-state index in [1.54, 1.807) is 0 Å². The van der Waals surface area contributed by atoms with Crippen LogP contribution in [0.15, 0.2) is 36.5 Å². The molecule has 0 aliphatic rings. The first-order chi connectivity index (χ1) is 11.7. The van der Waals surface area contributed by atoms with Crippen LogP contribution in [-0.2, 0) is 11.8 Å². The van der Waals surface area contributed by atoms with Crippen molar-refractivity contribution in [2.24, 2.45) is 5.92 Å². The zero-order chi connectivity index (χ0) is 19.9.